The molecule has 1 fully saturated rings. The lowest BCUT2D eigenvalue weighted by Gasteiger charge is -2.38. The number of halogens is 2. The van der Waals surface area contributed by atoms with Crippen molar-refractivity contribution >= 4 is 41.2 Å². The third-order valence-corrected chi connectivity index (χ3v) is 4.91. The van der Waals surface area contributed by atoms with E-state index >= 15 is 0 Å². The number of Topliss-reactive ketones (excluding diaryl/α,β-unsaturated/α-hetero) is 1. The molecule has 1 unspecified atom stereocenters. The Balaban J connectivity index is 2.14. The number of benzene rings is 1. The molecule has 1 aromatic carbocycles. The summed E-state index contributed by atoms with van der Waals surface area (Å²) in [6.07, 6.45) is 3.14. The van der Waals surface area contributed by atoms with Crippen LogP contribution in [0.1, 0.15) is 29.6 Å². The Labute approximate surface area is 155 Å². The molecular formula is C17H19Cl2NO5. The number of ether oxygens (including phenoxy) is 1. The number of carbonyl (C=O) groups excluding carboxylic acids is 2. The molecule has 2 atom stereocenters. The summed E-state index contributed by atoms with van der Waals surface area (Å²) in [5, 5.41) is 9.26. The molecule has 0 amide bonds. The van der Waals surface area contributed by atoms with Gasteiger partial charge in [-0.3, -0.25) is 9.69 Å². The van der Waals surface area contributed by atoms with Gasteiger partial charge in [0.1, 0.15) is 18.9 Å². The third-order valence-electron chi connectivity index (χ3n) is 4.17. The molecule has 1 aromatic rings. The van der Waals surface area contributed by atoms with E-state index in [1.807, 2.05) is 0 Å². The maximum Gasteiger partial charge on any atom is 0.329 e. The van der Waals surface area contributed by atoms with Crippen LogP contribution in [-0.4, -0.2) is 59.9 Å². The van der Waals surface area contributed by atoms with Crippen molar-refractivity contribution in [2.24, 2.45) is 0 Å². The lowest BCUT2D eigenvalue weighted by molar-refractivity contribution is -0.143. The summed E-state index contributed by atoms with van der Waals surface area (Å²) in [7, 11) is 0. The predicted molar refractivity (Wildman–Crippen MR) is 93.4 cm³/mol. The van der Waals surface area contributed by atoms with Crippen LogP contribution in [0.4, 0.5) is 0 Å². The Morgan fingerprint density at radius 3 is 2.72 bits per heavy atom. The van der Waals surface area contributed by atoms with Crippen LogP contribution in [0.15, 0.2) is 18.2 Å². The Hall–Kier alpha value is -1.47. The van der Waals surface area contributed by atoms with Crippen LogP contribution in [0.2, 0.25) is 10.0 Å². The van der Waals surface area contributed by atoms with Gasteiger partial charge in [0.15, 0.2) is 5.78 Å². The highest BCUT2D eigenvalue weighted by Crippen LogP contribution is 2.25. The molecule has 0 bridgehead atoms. The van der Waals surface area contributed by atoms with Gasteiger partial charge < -0.3 is 14.6 Å². The van der Waals surface area contributed by atoms with Gasteiger partial charge in [-0.2, -0.15) is 0 Å². The molecular weight excluding hydrogens is 369 g/mol. The average Bonchev–Trinajstić information content (AvgIpc) is 2.59. The van der Waals surface area contributed by atoms with Gasteiger partial charge in [-0.1, -0.05) is 29.6 Å². The van der Waals surface area contributed by atoms with Crippen molar-refractivity contribution in [3.05, 3.63) is 33.8 Å². The number of ketones is 1. The van der Waals surface area contributed by atoms with Crippen molar-refractivity contribution in [3.63, 3.8) is 0 Å². The number of hydrogen-bond acceptors (Lipinski definition) is 5. The zero-order chi connectivity index (χ0) is 18.4. The highest BCUT2D eigenvalue weighted by Gasteiger charge is 2.33. The molecule has 0 spiro atoms. The standard InChI is InChI=1S/C17H19Cl2NO5/c18-13-5-4-11(7-14(13)19)17(24)15(8-21)20-6-2-1-3-12(20)9-25-10-16(22)23/h4-5,7-8,12,15H,1-3,6,9-10H2,(H,22,23)/t12?,15-/m0/s1. The summed E-state index contributed by atoms with van der Waals surface area (Å²) < 4.78 is 5.17. The lowest BCUT2D eigenvalue weighted by Crippen LogP contribution is -2.52. The number of aldehydes is 1. The van der Waals surface area contributed by atoms with E-state index in [9.17, 15) is 14.4 Å². The van der Waals surface area contributed by atoms with Gasteiger partial charge in [-0.05, 0) is 37.6 Å². The van der Waals surface area contributed by atoms with Crippen molar-refractivity contribution in [2.45, 2.75) is 31.3 Å². The van der Waals surface area contributed by atoms with Gasteiger partial charge in [0.2, 0.25) is 0 Å². The monoisotopic (exact) mass is 387 g/mol. The summed E-state index contributed by atoms with van der Waals surface area (Å²) in [6.45, 7) is 0.319. The SMILES string of the molecule is O=C[C@@H](C(=O)c1ccc(Cl)c(Cl)c1)N1CCCCC1COCC(=O)O. The summed E-state index contributed by atoms with van der Waals surface area (Å²) in [4.78, 5) is 36.8. The molecule has 6 nitrogen and oxygen atoms in total. The molecule has 1 heterocycles. The van der Waals surface area contributed by atoms with E-state index in [1.54, 1.807) is 4.90 Å². The first-order chi connectivity index (χ1) is 11.9. The van der Waals surface area contributed by atoms with Crippen LogP contribution in [0.3, 0.4) is 0 Å². The summed E-state index contributed by atoms with van der Waals surface area (Å²) in [5.74, 6) is -1.42. The molecule has 1 N–H and O–H groups in total. The topological polar surface area (TPSA) is 83.9 Å². The molecule has 25 heavy (non-hydrogen) atoms. The Morgan fingerprint density at radius 1 is 1.32 bits per heavy atom. The fourth-order valence-corrected chi connectivity index (χ4v) is 3.26. The molecule has 0 saturated carbocycles. The highest BCUT2D eigenvalue weighted by molar-refractivity contribution is 6.42. The minimum Gasteiger partial charge on any atom is -0.480 e. The van der Waals surface area contributed by atoms with E-state index in [0.717, 1.165) is 19.3 Å². The number of carboxylic acid groups (broad SMARTS) is 1. The number of carbonyl (C=O) groups is 3. The average molecular weight is 388 g/mol. The molecule has 0 aromatic heterocycles. The van der Waals surface area contributed by atoms with Crippen LogP contribution in [0.25, 0.3) is 0 Å². The minimum atomic E-state index is -1.05. The van der Waals surface area contributed by atoms with E-state index in [4.69, 9.17) is 33.0 Å². The lowest BCUT2D eigenvalue weighted by atomic mass is 9.96. The van der Waals surface area contributed by atoms with E-state index < -0.39 is 18.6 Å². The van der Waals surface area contributed by atoms with Gasteiger partial charge in [0.05, 0.1) is 16.7 Å². The largest absolute Gasteiger partial charge is 0.480 e. The number of nitrogens with zero attached hydrogens (tertiary/aromatic N) is 1. The van der Waals surface area contributed by atoms with E-state index in [2.05, 4.69) is 0 Å². The molecule has 0 radical (unpaired) electrons. The number of rotatable bonds is 8. The predicted octanol–water partition coefficient (Wildman–Crippen LogP) is 2.70. The van der Waals surface area contributed by atoms with Crippen LogP contribution in [0.5, 0.6) is 0 Å². The third kappa shape index (κ3) is 5.25. The molecule has 8 heteroatoms. The first-order valence-electron chi connectivity index (χ1n) is 7.94. The second-order valence-electron chi connectivity index (χ2n) is 5.87. The zero-order valence-corrected chi connectivity index (χ0v) is 15.0. The minimum absolute atomic E-state index is 0.158. The summed E-state index contributed by atoms with van der Waals surface area (Å²) in [5.41, 5.74) is 0.308. The number of aliphatic carboxylic acids is 1. The van der Waals surface area contributed by atoms with Crippen molar-refractivity contribution in [2.75, 3.05) is 19.8 Å². The van der Waals surface area contributed by atoms with Gasteiger partial charge in [-0.25, -0.2) is 4.79 Å². The smallest absolute Gasteiger partial charge is 0.329 e. The molecule has 1 aliphatic heterocycles. The van der Waals surface area contributed by atoms with Crippen molar-refractivity contribution < 1.29 is 24.2 Å². The van der Waals surface area contributed by atoms with Crippen LogP contribution in [0, 0.1) is 0 Å². The molecule has 136 valence electrons. The van der Waals surface area contributed by atoms with Crippen LogP contribution < -0.4 is 0 Å². The van der Waals surface area contributed by atoms with Crippen molar-refractivity contribution in [1.82, 2.24) is 4.90 Å². The zero-order valence-electron chi connectivity index (χ0n) is 13.5. The number of likely N-dealkylation sites (tertiary alicyclic amines) is 1. The normalized spacial score (nSPS) is 19.4. The van der Waals surface area contributed by atoms with Crippen LogP contribution >= 0.6 is 23.2 Å². The maximum atomic E-state index is 12.8. The van der Waals surface area contributed by atoms with Crippen molar-refractivity contribution in [1.29, 1.82) is 0 Å². The van der Waals surface area contributed by atoms with E-state index in [-0.39, 0.29) is 23.5 Å². The maximum absolute atomic E-state index is 12.8. The van der Waals surface area contributed by atoms with E-state index in [0.29, 0.717) is 23.4 Å². The van der Waals surface area contributed by atoms with E-state index in [1.165, 1.54) is 18.2 Å². The van der Waals surface area contributed by atoms with Gasteiger partial charge in [0, 0.05) is 11.6 Å². The first-order valence-corrected chi connectivity index (χ1v) is 8.69. The first kappa shape index (κ1) is 19.8. The van der Waals surface area contributed by atoms with Gasteiger partial charge in [0.25, 0.3) is 0 Å². The van der Waals surface area contributed by atoms with Crippen LogP contribution in [-0.2, 0) is 14.3 Å². The fraction of sp³-hybridized carbons (Fsp3) is 0.471. The Bertz CT molecular complexity index is 652. The number of hydrogen-bond donors (Lipinski definition) is 1. The van der Waals surface area contributed by atoms with Gasteiger partial charge in [-0.15, -0.1) is 0 Å². The number of piperidine rings is 1. The Kier molecular flexibility index (Phi) is 7.38. The highest BCUT2D eigenvalue weighted by atomic mass is 35.5. The second-order valence-corrected chi connectivity index (χ2v) is 6.68. The Morgan fingerprint density at radius 2 is 2.08 bits per heavy atom. The van der Waals surface area contributed by atoms with Gasteiger partial charge >= 0.3 is 5.97 Å². The molecule has 1 aliphatic rings. The quantitative estimate of drug-likeness (QED) is 0.419. The fourth-order valence-electron chi connectivity index (χ4n) is 2.96. The number of carboxylic acids is 1. The van der Waals surface area contributed by atoms with Crippen molar-refractivity contribution in [3.8, 4) is 0 Å². The molecule has 2 rings (SSSR count). The summed E-state index contributed by atoms with van der Waals surface area (Å²) in [6, 6.07) is 3.35. The molecule has 0 aliphatic carbocycles. The summed E-state index contributed by atoms with van der Waals surface area (Å²) >= 11 is 11.8. The second kappa shape index (κ2) is 9.29. The molecule has 1 saturated heterocycles.